The molecule has 2 saturated heterocycles. The van der Waals surface area contributed by atoms with Crippen LogP contribution < -0.4 is 0 Å². The molecule has 31 heavy (non-hydrogen) atoms. The van der Waals surface area contributed by atoms with Gasteiger partial charge in [0.15, 0.2) is 18.5 Å². The molecule has 0 bridgehead atoms. The van der Waals surface area contributed by atoms with Gasteiger partial charge in [0.05, 0.1) is 36.9 Å². The molecular weight excluding hydrogens is 416 g/mol. The molecule has 0 amide bonds. The first-order chi connectivity index (χ1) is 14.7. The first-order valence-corrected chi connectivity index (χ1v) is 11.1. The molecule has 0 aromatic heterocycles. The topological polar surface area (TPSA) is 193 Å². The molecule has 4 aliphatic rings. The van der Waals surface area contributed by atoms with Crippen LogP contribution in [0.1, 0.15) is 32.1 Å². The second-order valence-corrected chi connectivity index (χ2v) is 9.58. The van der Waals surface area contributed by atoms with Crippen LogP contribution in [0.5, 0.6) is 0 Å². The molecule has 2 saturated carbocycles. The lowest BCUT2D eigenvalue weighted by Gasteiger charge is -2.48. The van der Waals surface area contributed by atoms with Gasteiger partial charge < -0.3 is 55.1 Å². The number of ether oxygens (including phenoxy) is 3. The molecule has 11 nitrogen and oxygen atoms in total. The highest BCUT2D eigenvalue weighted by Gasteiger charge is 2.54. The van der Waals surface area contributed by atoms with Gasteiger partial charge in [-0.15, -0.1) is 0 Å². The lowest BCUT2D eigenvalue weighted by atomic mass is 9.72. The number of hydrogen-bond acceptors (Lipinski definition) is 10. The van der Waals surface area contributed by atoms with Crippen molar-refractivity contribution in [1.29, 1.82) is 0 Å². The molecule has 2 aliphatic carbocycles. The van der Waals surface area contributed by atoms with Crippen molar-refractivity contribution in [2.45, 2.75) is 106 Å². The van der Waals surface area contributed by atoms with Gasteiger partial charge >= 0.3 is 0 Å². The summed E-state index contributed by atoms with van der Waals surface area (Å²) in [6, 6.07) is 0. The Labute approximate surface area is 179 Å². The molecule has 0 spiro atoms. The third-order valence-corrected chi connectivity index (χ3v) is 7.39. The highest BCUT2D eigenvalue weighted by atomic mass is 16.7. The maximum absolute atomic E-state index is 10.5. The third-order valence-electron chi connectivity index (χ3n) is 7.39. The fourth-order valence-electron chi connectivity index (χ4n) is 5.63. The van der Waals surface area contributed by atoms with Crippen LogP contribution in [-0.2, 0) is 9.47 Å². The lowest BCUT2D eigenvalue weighted by molar-refractivity contribution is -0.346. The first kappa shape index (κ1) is 23.7. The van der Waals surface area contributed by atoms with E-state index in [1.165, 1.54) is 0 Å². The molecule has 4 rings (SSSR count). The highest BCUT2D eigenvalue weighted by molar-refractivity contribution is 4.99. The van der Waals surface area contributed by atoms with Crippen molar-refractivity contribution in [2.24, 2.45) is 11.8 Å². The molecule has 0 aromatic rings. The predicted molar refractivity (Wildman–Crippen MR) is 103 cm³/mol. The van der Waals surface area contributed by atoms with E-state index >= 15 is 0 Å². The zero-order valence-electron chi connectivity index (χ0n) is 17.2. The molecule has 4 fully saturated rings. The van der Waals surface area contributed by atoms with E-state index in [-0.39, 0.29) is 43.8 Å². The second kappa shape index (κ2) is 9.43. The van der Waals surface area contributed by atoms with E-state index in [0.717, 1.165) is 0 Å². The molecule has 9 N–H and O–H groups in total. The van der Waals surface area contributed by atoms with E-state index in [1.54, 1.807) is 0 Å². The van der Waals surface area contributed by atoms with E-state index in [0.29, 0.717) is 12.8 Å². The van der Waals surface area contributed by atoms with Crippen LogP contribution in [0.3, 0.4) is 0 Å². The van der Waals surface area contributed by atoms with Crippen LogP contribution in [0.15, 0.2) is 0 Å². The van der Waals surface area contributed by atoms with Crippen molar-refractivity contribution in [3.05, 3.63) is 0 Å². The van der Waals surface area contributed by atoms with Gasteiger partial charge in [0.2, 0.25) is 0 Å². The Kier molecular flexibility index (Phi) is 7.21. The molecule has 8 unspecified atom stereocenters. The Bertz CT molecular complexity index is 596. The minimum Gasteiger partial charge on any atom is -0.427 e. The van der Waals surface area contributed by atoms with Crippen molar-refractivity contribution >= 4 is 0 Å². The molecule has 0 aromatic carbocycles. The van der Waals surface area contributed by atoms with Gasteiger partial charge in [-0.25, -0.2) is 0 Å². The van der Waals surface area contributed by atoms with Gasteiger partial charge in [-0.2, -0.15) is 0 Å². The normalized spacial score (nSPS) is 56.1. The Morgan fingerprint density at radius 2 is 1.35 bits per heavy atom. The zero-order chi connectivity index (χ0) is 22.4. The average molecular weight is 451 g/mol. The van der Waals surface area contributed by atoms with Crippen molar-refractivity contribution in [3.63, 3.8) is 0 Å². The predicted octanol–water partition coefficient (Wildman–Crippen LogP) is -3.90. The van der Waals surface area contributed by atoms with Gasteiger partial charge in [0, 0.05) is 18.8 Å². The van der Waals surface area contributed by atoms with Crippen LogP contribution >= 0.6 is 0 Å². The van der Waals surface area contributed by atoms with Gasteiger partial charge in [0.25, 0.3) is 0 Å². The zero-order valence-corrected chi connectivity index (χ0v) is 17.2. The molecule has 0 radical (unpaired) electrons. The van der Waals surface area contributed by atoms with Gasteiger partial charge in [-0.05, 0) is 19.3 Å². The van der Waals surface area contributed by atoms with Gasteiger partial charge in [-0.1, -0.05) is 0 Å². The average Bonchev–Trinajstić information content (AvgIpc) is 2.72. The standard InChI is InChI=1S/C20H34O11/c21-8-3-10(22)9-5-15(31-20-18(28)17(27)13(25)6-29-20)19(30-14(9)4-8)7-1-11(23)16(26)12(24)2-7/h7-28H,1-6H2/p+1/t7?,8?,9?,10?,11?,12?,13-,14?,15?,16?,17-,18+,19?,20+/m0/s1. The molecule has 2 aliphatic heterocycles. The summed E-state index contributed by atoms with van der Waals surface area (Å²) in [5.74, 6) is -0.614. The molecule has 11 heteroatoms. The Balaban J connectivity index is 1.54. The molecule has 2 heterocycles. The first-order valence-electron chi connectivity index (χ1n) is 11.1. The quantitative estimate of drug-likeness (QED) is 0.197. The smallest absolute Gasteiger partial charge is 0.186 e. The lowest BCUT2D eigenvalue weighted by Crippen LogP contribution is -2.62. The number of rotatable bonds is 3. The van der Waals surface area contributed by atoms with E-state index in [1.807, 2.05) is 0 Å². The minimum atomic E-state index is -1.48. The Morgan fingerprint density at radius 1 is 0.677 bits per heavy atom. The van der Waals surface area contributed by atoms with Crippen LogP contribution in [0.4, 0.5) is 0 Å². The summed E-state index contributed by atoms with van der Waals surface area (Å²) >= 11 is 0. The van der Waals surface area contributed by atoms with Crippen molar-refractivity contribution in [3.8, 4) is 0 Å². The number of aliphatic hydroxyl groups is 10. The summed E-state index contributed by atoms with van der Waals surface area (Å²) in [6.07, 6.45) is -10.5. The number of hydrogen-bond donors (Lipinski definition) is 8. The summed E-state index contributed by atoms with van der Waals surface area (Å²) in [7, 11) is 0. The fraction of sp³-hybridized carbons (Fsp3) is 1.00. The number of aliphatic hydroxyl groups excluding tert-OH is 8. The van der Waals surface area contributed by atoms with Gasteiger partial charge in [-0.3, -0.25) is 0 Å². The van der Waals surface area contributed by atoms with Crippen LogP contribution in [0.2, 0.25) is 0 Å². The molecule has 180 valence electrons. The van der Waals surface area contributed by atoms with E-state index < -0.39 is 67.3 Å². The summed E-state index contributed by atoms with van der Waals surface area (Å²) in [5.41, 5.74) is 0. The summed E-state index contributed by atoms with van der Waals surface area (Å²) in [4.78, 5) is 0. The van der Waals surface area contributed by atoms with E-state index in [4.69, 9.17) is 14.2 Å². The Hall–Kier alpha value is -0.440. The summed E-state index contributed by atoms with van der Waals surface area (Å²) in [6.45, 7) is -0.217. The maximum atomic E-state index is 10.5. The summed E-state index contributed by atoms with van der Waals surface area (Å²) in [5, 5.41) is 80.8. The summed E-state index contributed by atoms with van der Waals surface area (Å²) < 4.78 is 16.2. The fourth-order valence-corrected chi connectivity index (χ4v) is 5.63. The molecule has 12 atom stereocenters. The number of fused-ring (bicyclic) bond motifs is 1. The molecular formula is C20H35O11+. The van der Waals surface area contributed by atoms with Crippen molar-refractivity contribution < 1.29 is 55.1 Å². The van der Waals surface area contributed by atoms with Crippen LogP contribution in [0.25, 0.3) is 0 Å². The third kappa shape index (κ3) is 4.78. The SMILES string of the molecule is OC1CC(O)C2CC(O[C@H]3OC[C@H](O)[C@H](O)[C@H]3O)C(C3CC(O)C(O)C(O)C3)[OH+]C2C1. The van der Waals surface area contributed by atoms with Gasteiger partial charge in [0.1, 0.15) is 30.5 Å². The van der Waals surface area contributed by atoms with E-state index in [9.17, 15) is 40.9 Å². The largest absolute Gasteiger partial charge is 0.427 e. The highest BCUT2D eigenvalue weighted by Crippen LogP contribution is 2.42. The monoisotopic (exact) mass is 451 g/mol. The van der Waals surface area contributed by atoms with E-state index in [2.05, 4.69) is 0 Å². The van der Waals surface area contributed by atoms with Crippen LogP contribution in [0, 0.1) is 11.8 Å². The maximum Gasteiger partial charge on any atom is 0.186 e. The second-order valence-electron chi connectivity index (χ2n) is 9.58. The Morgan fingerprint density at radius 3 is 2.03 bits per heavy atom. The van der Waals surface area contributed by atoms with Crippen LogP contribution in [-0.4, -0.2) is 126 Å². The van der Waals surface area contributed by atoms with Crippen molar-refractivity contribution in [2.75, 3.05) is 6.61 Å². The minimum absolute atomic E-state index is 0.185. The van der Waals surface area contributed by atoms with Crippen molar-refractivity contribution in [1.82, 2.24) is 0 Å².